The molecule has 0 saturated heterocycles. The van der Waals surface area contributed by atoms with Gasteiger partial charge in [0, 0.05) is 18.8 Å². The molecule has 5 rings (SSSR count). The zero-order valence-electron chi connectivity index (χ0n) is 14.0. The van der Waals surface area contributed by atoms with E-state index in [2.05, 4.69) is 26.8 Å². The second-order valence-electron chi connectivity index (χ2n) is 7.05. The first-order valence-corrected chi connectivity index (χ1v) is 8.08. The van der Waals surface area contributed by atoms with Gasteiger partial charge in [-0.25, -0.2) is 4.79 Å². The molecule has 0 atom stereocenters. The van der Waals surface area contributed by atoms with Crippen LogP contribution in [0.3, 0.4) is 0 Å². The molecule has 26 heavy (non-hydrogen) atoms. The minimum Gasteiger partial charge on any atom is -0.465 e. The Hall–Kier alpha value is -3.41. The fourth-order valence-electron chi connectivity index (χ4n) is 3.91. The number of amides is 2. The van der Waals surface area contributed by atoms with Crippen molar-refractivity contribution in [2.45, 2.75) is 24.8 Å². The number of carbonyl (C=O) groups excluding carboxylic acids is 1. The molecule has 3 aliphatic carbocycles. The highest BCUT2D eigenvalue weighted by molar-refractivity contribution is 5.95. The Bertz CT molecular complexity index is 936. The Morgan fingerprint density at radius 3 is 2.62 bits per heavy atom. The molecule has 0 radical (unpaired) electrons. The van der Waals surface area contributed by atoms with Crippen molar-refractivity contribution in [1.29, 1.82) is 5.26 Å². The summed E-state index contributed by atoms with van der Waals surface area (Å²) in [6.45, 7) is 0. The van der Waals surface area contributed by atoms with E-state index in [0.29, 0.717) is 41.9 Å². The van der Waals surface area contributed by atoms with Crippen molar-refractivity contribution in [2.24, 2.45) is 12.5 Å². The van der Waals surface area contributed by atoms with Crippen LogP contribution in [0.5, 0.6) is 0 Å². The summed E-state index contributed by atoms with van der Waals surface area (Å²) in [6, 6.07) is 5.60. The molecule has 2 aromatic heterocycles. The van der Waals surface area contributed by atoms with Crippen molar-refractivity contribution in [3.63, 3.8) is 0 Å². The van der Waals surface area contributed by atoms with E-state index in [1.54, 1.807) is 19.2 Å². The normalized spacial score (nSPS) is 25.4. The molecule has 3 saturated carbocycles. The highest BCUT2D eigenvalue weighted by Crippen LogP contribution is 2.66. The van der Waals surface area contributed by atoms with Gasteiger partial charge in [0.05, 0.1) is 34.5 Å². The fourth-order valence-corrected chi connectivity index (χ4v) is 3.91. The van der Waals surface area contributed by atoms with Gasteiger partial charge >= 0.3 is 6.09 Å². The molecule has 0 unspecified atom stereocenters. The highest BCUT2D eigenvalue weighted by atomic mass is 16.4. The third-order valence-electron chi connectivity index (χ3n) is 5.11. The summed E-state index contributed by atoms with van der Waals surface area (Å²) < 4.78 is 1.40. The van der Waals surface area contributed by atoms with Gasteiger partial charge in [-0.2, -0.15) is 10.4 Å². The zero-order chi connectivity index (χ0) is 18.5. The standard InChI is InChI=1S/C17H16N6O3/c1-23-13(21-15(25)26)11(5-20-23)12-3-2-10(4-19-12)14(24)22-17-6-16(7-17,8-17)9-18/h2-5,21H,6-8H2,1H3,(H,22,24)(H,25,26). The number of aryl methyl sites for hydroxylation is 1. The molecule has 9 nitrogen and oxygen atoms in total. The predicted molar refractivity (Wildman–Crippen MR) is 90.2 cm³/mol. The molecule has 2 amide bonds. The first-order valence-electron chi connectivity index (χ1n) is 8.08. The number of hydrogen-bond acceptors (Lipinski definition) is 5. The quantitative estimate of drug-likeness (QED) is 0.768. The van der Waals surface area contributed by atoms with Crippen LogP contribution in [-0.2, 0) is 7.05 Å². The maximum Gasteiger partial charge on any atom is 0.410 e. The third-order valence-corrected chi connectivity index (χ3v) is 5.11. The van der Waals surface area contributed by atoms with E-state index in [0.717, 1.165) is 0 Å². The lowest BCUT2D eigenvalue weighted by molar-refractivity contribution is -0.102. The molecule has 0 aromatic carbocycles. The van der Waals surface area contributed by atoms with E-state index >= 15 is 0 Å². The van der Waals surface area contributed by atoms with Gasteiger partial charge in [0.25, 0.3) is 5.91 Å². The summed E-state index contributed by atoms with van der Waals surface area (Å²) >= 11 is 0. The van der Waals surface area contributed by atoms with E-state index in [1.807, 2.05) is 0 Å². The number of pyridine rings is 1. The van der Waals surface area contributed by atoms with Crippen LogP contribution in [-0.4, -0.2) is 37.4 Å². The van der Waals surface area contributed by atoms with Gasteiger partial charge in [0.1, 0.15) is 5.82 Å². The molecule has 132 valence electrons. The number of anilines is 1. The number of aromatic nitrogens is 3. The van der Waals surface area contributed by atoms with E-state index < -0.39 is 6.09 Å². The van der Waals surface area contributed by atoms with Crippen molar-refractivity contribution in [1.82, 2.24) is 20.1 Å². The van der Waals surface area contributed by atoms with Crippen molar-refractivity contribution in [2.75, 3.05) is 5.32 Å². The average Bonchev–Trinajstić information content (AvgIpc) is 2.90. The van der Waals surface area contributed by atoms with Gasteiger partial charge in [-0.15, -0.1) is 0 Å². The van der Waals surface area contributed by atoms with Crippen molar-refractivity contribution >= 4 is 17.8 Å². The SMILES string of the molecule is Cn1ncc(-c2ccc(C(=O)NC34CC(C#N)(C3)C4)cn2)c1NC(=O)O. The molecule has 9 heteroatoms. The summed E-state index contributed by atoms with van der Waals surface area (Å²) in [5, 5.41) is 27.3. The number of nitriles is 1. The lowest BCUT2D eigenvalue weighted by Crippen LogP contribution is -2.74. The topological polar surface area (TPSA) is 133 Å². The second kappa shape index (κ2) is 5.29. The minimum atomic E-state index is -1.19. The maximum atomic E-state index is 12.4. The first-order chi connectivity index (χ1) is 12.4. The fraction of sp³-hybridized carbons (Fsp3) is 0.353. The minimum absolute atomic E-state index is 0.217. The Kier molecular flexibility index (Phi) is 3.27. The van der Waals surface area contributed by atoms with Crippen molar-refractivity contribution < 1.29 is 14.7 Å². The summed E-state index contributed by atoms with van der Waals surface area (Å²) in [4.78, 5) is 27.6. The summed E-state index contributed by atoms with van der Waals surface area (Å²) in [6.07, 6.45) is 3.92. The van der Waals surface area contributed by atoms with Crippen LogP contribution < -0.4 is 10.6 Å². The Morgan fingerprint density at radius 1 is 1.31 bits per heavy atom. The second-order valence-corrected chi connectivity index (χ2v) is 7.05. The predicted octanol–water partition coefficient (Wildman–Crippen LogP) is 1.75. The largest absolute Gasteiger partial charge is 0.465 e. The molecule has 3 aliphatic rings. The first kappa shape index (κ1) is 16.1. The van der Waals surface area contributed by atoms with Gasteiger partial charge < -0.3 is 10.4 Å². The molecule has 0 spiro atoms. The van der Waals surface area contributed by atoms with Crippen LogP contribution in [0.4, 0.5) is 10.6 Å². The van der Waals surface area contributed by atoms with Gasteiger partial charge in [0.2, 0.25) is 0 Å². The van der Waals surface area contributed by atoms with Crippen LogP contribution >= 0.6 is 0 Å². The zero-order valence-corrected chi connectivity index (χ0v) is 14.0. The van der Waals surface area contributed by atoms with Crippen LogP contribution in [0.15, 0.2) is 24.5 Å². The highest BCUT2D eigenvalue weighted by Gasteiger charge is 2.69. The Balaban J connectivity index is 1.49. The number of nitrogens with zero attached hydrogens (tertiary/aromatic N) is 4. The lowest BCUT2D eigenvalue weighted by Gasteiger charge is -2.66. The molecule has 3 N–H and O–H groups in total. The van der Waals surface area contributed by atoms with E-state index in [1.165, 1.54) is 17.1 Å². The Labute approximate surface area is 148 Å². The van der Waals surface area contributed by atoms with Gasteiger partial charge in [0.15, 0.2) is 0 Å². The van der Waals surface area contributed by atoms with Gasteiger partial charge in [-0.1, -0.05) is 0 Å². The molecule has 2 aromatic rings. The van der Waals surface area contributed by atoms with E-state index in [4.69, 9.17) is 10.4 Å². The molecule has 2 bridgehead atoms. The maximum absolute atomic E-state index is 12.4. The smallest absolute Gasteiger partial charge is 0.410 e. The number of nitrogens with one attached hydrogen (secondary N) is 2. The van der Waals surface area contributed by atoms with Crippen LogP contribution in [0.25, 0.3) is 11.3 Å². The number of carbonyl (C=O) groups is 2. The lowest BCUT2D eigenvalue weighted by atomic mass is 9.40. The van der Waals surface area contributed by atoms with Crippen LogP contribution in [0, 0.1) is 16.7 Å². The van der Waals surface area contributed by atoms with Crippen LogP contribution in [0.1, 0.15) is 29.6 Å². The van der Waals surface area contributed by atoms with Gasteiger partial charge in [-0.3, -0.25) is 19.8 Å². The number of carboxylic acid groups (broad SMARTS) is 1. The molecule has 2 heterocycles. The van der Waals surface area contributed by atoms with E-state index in [9.17, 15) is 9.59 Å². The van der Waals surface area contributed by atoms with E-state index in [-0.39, 0.29) is 16.9 Å². The number of rotatable bonds is 4. The molecular formula is C17H16N6O3. The molecule has 0 aliphatic heterocycles. The molecule has 3 fully saturated rings. The summed E-state index contributed by atoms with van der Waals surface area (Å²) in [5.74, 6) is 0.0863. The van der Waals surface area contributed by atoms with Crippen LogP contribution in [0.2, 0.25) is 0 Å². The monoisotopic (exact) mass is 352 g/mol. The summed E-state index contributed by atoms with van der Waals surface area (Å²) in [5.41, 5.74) is 1.00. The van der Waals surface area contributed by atoms with Crippen molar-refractivity contribution in [3.05, 3.63) is 30.1 Å². The third kappa shape index (κ3) is 2.38. The Morgan fingerprint density at radius 2 is 2.04 bits per heavy atom. The number of hydrogen-bond donors (Lipinski definition) is 3. The summed E-state index contributed by atoms with van der Waals surface area (Å²) in [7, 11) is 1.62. The van der Waals surface area contributed by atoms with Gasteiger partial charge in [-0.05, 0) is 31.4 Å². The van der Waals surface area contributed by atoms with Crippen molar-refractivity contribution in [3.8, 4) is 17.3 Å². The molecular weight excluding hydrogens is 336 g/mol. The average molecular weight is 352 g/mol.